The molecule has 2 aliphatic rings. The summed E-state index contributed by atoms with van der Waals surface area (Å²) in [5.74, 6) is -1.51. The summed E-state index contributed by atoms with van der Waals surface area (Å²) >= 11 is 3.17. The van der Waals surface area contributed by atoms with Gasteiger partial charge in [0, 0.05) is 47.1 Å². The Morgan fingerprint density at radius 1 is 0.561 bits per heavy atom. The summed E-state index contributed by atoms with van der Waals surface area (Å²) in [4.78, 5) is 64.4. The number of carbonyl (C=O) groups excluding carboxylic acids is 4. The molecule has 0 spiro atoms. The van der Waals surface area contributed by atoms with Crippen LogP contribution in [0, 0.1) is 0 Å². The summed E-state index contributed by atoms with van der Waals surface area (Å²) in [5, 5.41) is 7.20. The number of benzene rings is 4. The maximum atomic E-state index is 14.2. The number of carbonyl (C=O) groups is 4. The molecule has 0 radical (unpaired) electrons. The number of nitrogens with zero attached hydrogens (tertiary/aromatic N) is 4. The summed E-state index contributed by atoms with van der Waals surface area (Å²) in [6.45, 7) is 0.532. The van der Waals surface area contributed by atoms with Gasteiger partial charge in [0.05, 0.1) is 46.3 Å². The zero-order chi connectivity index (χ0) is 45.0. The van der Waals surface area contributed by atoms with Crippen molar-refractivity contribution in [2.24, 2.45) is 0 Å². The van der Waals surface area contributed by atoms with E-state index >= 15 is 0 Å². The van der Waals surface area contributed by atoms with Gasteiger partial charge in [0.15, 0.2) is 11.5 Å². The van der Waals surface area contributed by atoms with Crippen LogP contribution in [0.5, 0.6) is 23.0 Å². The van der Waals surface area contributed by atoms with Gasteiger partial charge in [0.2, 0.25) is 11.8 Å². The van der Waals surface area contributed by atoms with Gasteiger partial charge >= 0.3 is 11.9 Å². The molecule has 14 nitrogen and oxygen atoms in total. The smallest absolute Gasteiger partial charge is 0.423 e. The van der Waals surface area contributed by atoms with Gasteiger partial charge in [-0.2, -0.15) is 0 Å². The molecule has 4 aromatic carbocycles. The molecule has 0 aliphatic carbocycles. The van der Waals surface area contributed by atoms with Crippen LogP contribution in [-0.4, -0.2) is 66.4 Å². The Hall–Kier alpha value is -7.24. The molecule has 0 saturated carbocycles. The van der Waals surface area contributed by atoms with Crippen LogP contribution in [0.25, 0.3) is 21.8 Å². The molecular formula is C50H40N6O8S2. The predicted molar refractivity (Wildman–Crippen MR) is 251 cm³/mol. The molecule has 0 bridgehead atoms. The summed E-state index contributed by atoms with van der Waals surface area (Å²) < 4.78 is 26.6. The molecule has 10 rings (SSSR count). The monoisotopic (exact) mass is 916 g/mol. The van der Waals surface area contributed by atoms with Crippen LogP contribution in [0.2, 0.25) is 0 Å². The maximum Gasteiger partial charge on any atom is 0.423 e. The Morgan fingerprint density at radius 3 is 1.41 bits per heavy atom. The highest BCUT2D eigenvalue weighted by Crippen LogP contribution is 2.38. The minimum atomic E-state index is -1.35. The molecule has 4 unspecified atom stereocenters. The summed E-state index contributed by atoms with van der Waals surface area (Å²) in [6, 6.07) is 35.9. The van der Waals surface area contributed by atoms with Crippen molar-refractivity contribution in [3.63, 3.8) is 0 Å². The summed E-state index contributed by atoms with van der Waals surface area (Å²) in [7, 11) is 0. The normalized spacial score (nSPS) is 18.0. The van der Waals surface area contributed by atoms with Crippen LogP contribution < -0.4 is 29.6 Å². The van der Waals surface area contributed by atoms with Crippen LogP contribution in [0.15, 0.2) is 159 Å². The Labute approximate surface area is 386 Å². The fourth-order valence-corrected chi connectivity index (χ4v) is 10.3. The van der Waals surface area contributed by atoms with E-state index in [4.69, 9.17) is 18.9 Å². The van der Waals surface area contributed by atoms with Crippen LogP contribution >= 0.6 is 23.5 Å². The van der Waals surface area contributed by atoms with E-state index in [0.29, 0.717) is 44.8 Å². The second kappa shape index (κ2) is 19.1. The number of fused-ring (bicyclic) bond motifs is 2. The van der Waals surface area contributed by atoms with Crippen molar-refractivity contribution in [3.8, 4) is 23.0 Å². The van der Waals surface area contributed by atoms with Gasteiger partial charge in [0.1, 0.15) is 24.7 Å². The molecule has 4 atom stereocenters. The van der Waals surface area contributed by atoms with Crippen LogP contribution in [0.3, 0.4) is 0 Å². The van der Waals surface area contributed by atoms with E-state index in [1.54, 1.807) is 84.7 Å². The highest BCUT2D eigenvalue weighted by Gasteiger charge is 2.35. The van der Waals surface area contributed by atoms with Gasteiger partial charge in [-0.15, -0.1) is 23.5 Å². The third-order valence-electron chi connectivity index (χ3n) is 11.2. The molecule has 4 aromatic heterocycles. The van der Waals surface area contributed by atoms with Crippen molar-refractivity contribution in [2.75, 3.05) is 11.5 Å². The van der Waals surface area contributed by atoms with Gasteiger partial charge in [0.25, 0.3) is 0 Å². The van der Waals surface area contributed by atoms with E-state index in [-0.39, 0.29) is 47.3 Å². The lowest BCUT2D eigenvalue weighted by Crippen LogP contribution is -2.37. The molecule has 66 heavy (non-hydrogen) atoms. The average Bonchev–Trinajstić information content (AvgIpc) is 4.20. The molecule has 330 valence electrons. The van der Waals surface area contributed by atoms with Crippen molar-refractivity contribution >= 4 is 69.1 Å². The maximum absolute atomic E-state index is 14.2. The number of ether oxygens (including phenoxy) is 4. The third-order valence-corrected chi connectivity index (χ3v) is 13.7. The number of pyridine rings is 2. The number of thioether (sulfide) groups is 2. The fraction of sp³-hybridized carbons (Fsp3) is 0.160. The summed E-state index contributed by atoms with van der Waals surface area (Å²) in [6.07, 6.45) is 9.70. The lowest BCUT2D eigenvalue weighted by atomic mass is 10.2. The molecule has 8 aromatic rings. The number of nitrogens with one attached hydrogen (secondary N) is 2. The first kappa shape index (κ1) is 42.7. The lowest BCUT2D eigenvalue weighted by Gasteiger charge is -2.13. The molecule has 2 saturated heterocycles. The third kappa shape index (κ3) is 9.17. The van der Waals surface area contributed by atoms with E-state index < -0.39 is 24.0 Å². The van der Waals surface area contributed by atoms with E-state index in [0.717, 1.165) is 22.3 Å². The summed E-state index contributed by atoms with van der Waals surface area (Å²) in [5.41, 5.74) is 4.64. The van der Waals surface area contributed by atoms with E-state index in [9.17, 15) is 19.2 Å². The molecule has 2 aliphatic heterocycles. The van der Waals surface area contributed by atoms with Crippen molar-refractivity contribution < 1.29 is 38.1 Å². The second-order valence-corrected chi connectivity index (χ2v) is 17.8. The highest BCUT2D eigenvalue weighted by molar-refractivity contribution is 8.00. The Balaban J connectivity index is 0.924. The van der Waals surface area contributed by atoms with E-state index in [2.05, 4.69) is 20.6 Å². The Morgan fingerprint density at radius 2 is 1.00 bits per heavy atom. The molecule has 0 amide bonds. The zero-order valence-corrected chi connectivity index (χ0v) is 36.7. The van der Waals surface area contributed by atoms with Crippen molar-refractivity contribution in [1.82, 2.24) is 29.7 Å². The van der Waals surface area contributed by atoms with Crippen molar-refractivity contribution in [2.45, 2.75) is 36.0 Å². The first-order valence-corrected chi connectivity index (χ1v) is 23.2. The Kier molecular flexibility index (Phi) is 12.3. The van der Waals surface area contributed by atoms with Gasteiger partial charge in [-0.25, -0.2) is 9.59 Å². The number of esters is 2. The topological polar surface area (TPSA) is 165 Å². The van der Waals surface area contributed by atoms with Crippen molar-refractivity contribution in [3.05, 3.63) is 181 Å². The lowest BCUT2D eigenvalue weighted by molar-refractivity contribution is -0.156. The van der Waals surface area contributed by atoms with Gasteiger partial charge in [-0.1, -0.05) is 72.8 Å². The zero-order valence-electron chi connectivity index (χ0n) is 35.0. The Bertz CT molecular complexity index is 2850. The number of rotatable bonds is 12. The van der Waals surface area contributed by atoms with E-state index in [1.807, 2.05) is 84.9 Å². The predicted octanol–water partition coefficient (Wildman–Crippen LogP) is 8.14. The highest BCUT2D eigenvalue weighted by atomic mass is 32.2. The number of aromatic nitrogens is 4. The van der Waals surface area contributed by atoms with Crippen LogP contribution in [-0.2, 0) is 22.8 Å². The van der Waals surface area contributed by atoms with Gasteiger partial charge < -0.3 is 18.9 Å². The average molecular weight is 917 g/mol. The van der Waals surface area contributed by atoms with Gasteiger partial charge in [-0.3, -0.25) is 39.3 Å². The molecule has 2 fully saturated rings. The van der Waals surface area contributed by atoms with Crippen LogP contribution in [0.1, 0.15) is 42.6 Å². The molecular weight excluding hydrogens is 877 g/mol. The molecule has 16 heteroatoms. The SMILES string of the molecule is O=C(Oc1cn(C(=O)C2CSC(c3cccnc3)N2)c2ccc(OCc3ccccc3)cc12)C(=O)Oc1cn(C(=O)C2CSC(c3cccnc3)N2)c2ccc(OCc3ccccc3)cc12. The largest absolute Gasteiger partial charge is 0.489 e. The second-order valence-electron chi connectivity index (χ2n) is 15.5. The number of hydrogen-bond acceptors (Lipinski definition) is 14. The standard InChI is InChI=1S/C50H40N6O8S2/c57-47(39-29-65-45(53-39)33-13-7-19-51-23-33)55-25-43(37-21-35(15-17-41(37)55)61-27-31-9-3-1-4-10-31)63-49(59)50(60)64-44-26-56(48(58)40-30-66-46(54-40)34-14-8-20-52-24-34)42-18-16-36(22-38(42)44)62-28-32-11-5-2-6-12-32/h1-26,39-40,45-46,53-54H,27-30H2. The molecule has 6 heterocycles. The molecule has 2 N–H and O–H groups in total. The minimum Gasteiger partial charge on any atom is -0.489 e. The first-order chi connectivity index (χ1) is 32.3. The first-order valence-electron chi connectivity index (χ1n) is 21.1. The van der Waals surface area contributed by atoms with E-state index in [1.165, 1.54) is 21.5 Å². The van der Waals surface area contributed by atoms with Crippen LogP contribution in [0.4, 0.5) is 0 Å². The van der Waals surface area contributed by atoms with Gasteiger partial charge in [-0.05, 0) is 70.8 Å². The minimum absolute atomic E-state index is 0.0536. The quantitative estimate of drug-likeness (QED) is 0.0891. The van der Waals surface area contributed by atoms with Crippen molar-refractivity contribution in [1.29, 1.82) is 0 Å². The number of hydrogen-bond donors (Lipinski definition) is 2. The fourth-order valence-electron chi connectivity index (χ4n) is 7.84.